The van der Waals surface area contributed by atoms with Gasteiger partial charge in [-0.3, -0.25) is 0 Å². The maximum atomic E-state index is 13.1. The first-order chi connectivity index (χ1) is 9.36. The molecule has 0 bridgehead atoms. The molecule has 20 heavy (non-hydrogen) atoms. The molecule has 0 spiro atoms. The van der Waals surface area contributed by atoms with Crippen LogP contribution >= 0.6 is 15.9 Å². The van der Waals surface area contributed by atoms with Crippen LogP contribution in [-0.2, 0) is 12.7 Å². The zero-order valence-corrected chi connectivity index (χ0v) is 11.7. The normalized spacial score (nSPS) is 11.4. The second-order valence-electron chi connectivity index (χ2n) is 4.18. The van der Waals surface area contributed by atoms with Gasteiger partial charge in [-0.2, -0.15) is 13.2 Å². The molecule has 0 saturated carbocycles. The van der Waals surface area contributed by atoms with Gasteiger partial charge in [0.1, 0.15) is 5.82 Å². The maximum Gasteiger partial charge on any atom is 0.416 e. The maximum absolute atomic E-state index is 13.1. The molecule has 0 fully saturated rings. The van der Waals surface area contributed by atoms with Crippen LogP contribution in [0.25, 0.3) is 0 Å². The van der Waals surface area contributed by atoms with Crippen molar-refractivity contribution >= 4 is 21.6 Å². The van der Waals surface area contributed by atoms with Gasteiger partial charge >= 0.3 is 6.18 Å². The summed E-state index contributed by atoms with van der Waals surface area (Å²) < 4.78 is 51.0. The van der Waals surface area contributed by atoms with Gasteiger partial charge in [-0.25, -0.2) is 4.39 Å². The topological polar surface area (TPSA) is 12.0 Å². The van der Waals surface area contributed by atoms with E-state index in [4.69, 9.17) is 0 Å². The number of nitrogens with one attached hydrogen (secondary N) is 1. The van der Waals surface area contributed by atoms with Crippen LogP contribution in [0.15, 0.2) is 46.9 Å². The van der Waals surface area contributed by atoms with E-state index in [1.54, 1.807) is 18.2 Å². The average molecular weight is 348 g/mol. The van der Waals surface area contributed by atoms with E-state index in [-0.39, 0.29) is 5.82 Å². The van der Waals surface area contributed by atoms with Crippen LogP contribution in [0.2, 0.25) is 0 Å². The third kappa shape index (κ3) is 3.72. The first-order valence-electron chi connectivity index (χ1n) is 5.71. The first kappa shape index (κ1) is 14.8. The quantitative estimate of drug-likeness (QED) is 0.750. The number of alkyl halides is 3. The molecule has 2 aromatic carbocycles. The number of benzene rings is 2. The standard InChI is InChI=1S/C14H10BrF4N/c15-12-6-9(4-5-13(12)16)8-20-11-3-1-2-10(7-11)14(17,18)19/h1-7,20H,8H2. The molecule has 0 heterocycles. The van der Waals surface area contributed by atoms with Crippen molar-refractivity contribution in [2.24, 2.45) is 0 Å². The molecule has 0 aliphatic rings. The number of hydrogen-bond donors (Lipinski definition) is 1. The zero-order chi connectivity index (χ0) is 14.8. The molecule has 6 heteroatoms. The fourth-order valence-corrected chi connectivity index (χ4v) is 2.09. The molecule has 2 aromatic rings. The average Bonchev–Trinajstić information content (AvgIpc) is 2.39. The van der Waals surface area contributed by atoms with E-state index < -0.39 is 11.7 Å². The summed E-state index contributed by atoms with van der Waals surface area (Å²) >= 11 is 3.06. The third-order valence-corrected chi connectivity index (χ3v) is 3.28. The van der Waals surface area contributed by atoms with E-state index in [0.717, 1.165) is 17.7 Å². The lowest BCUT2D eigenvalue weighted by Crippen LogP contribution is -2.06. The largest absolute Gasteiger partial charge is 0.416 e. The zero-order valence-electron chi connectivity index (χ0n) is 10.1. The Morgan fingerprint density at radius 3 is 2.45 bits per heavy atom. The Hall–Kier alpha value is -1.56. The number of halogens is 5. The van der Waals surface area contributed by atoms with Gasteiger partial charge in [-0.05, 0) is 51.8 Å². The Balaban J connectivity index is 2.09. The van der Waals surface area contributed by atoms with Gasteiger partial charge in [-0.1, -0.05) is 12.1 Å². The van der Waals surface area contributed by atoms with E-state index in [9.17, 15) is 17.6 Å². The summed E-state index contributed by atoms with van der Waals surface area (Å²) in [7, 11) is 0. The minimum atomic E-state index is -4.36. The van der Waals surface area contributed by atoms with Gasteiger partial charge in [0.25, 0.3) is 0 Å². The van der Waals surface area contributed by atoms with Crippen molar-refractivity contribution < 1.29 is 17.6 Å². The summed E-state index contributed by atoms with van der Waals surface area (Å²) in [5, 5.41) is 2.88. The first-order valence-corrected chi connectivity index (χ1v) is 6.50. The fraction of sp³-hybridized carbons (Fsp3) is 0.143. The van der Waals surface area contributed by atoms with Crippen molar-refractivity contribution in [2.45, 2.75) is 12.7 Å². The van der Waals surface area contributed by atoms with Gasteiger partial charge in [0.05, 0.1) is 10.0 Å². The molecule has 0 aliphatic heterocycles. The molecule has 0 atom stereocenters. The monoisotopic (exact) mass is 347 g/mol. The van der Waals surface area contributed by atoms with Crippen molar-refractivity contribution in [1.29, 1.82) is 0 Å². The van der Waals surface area contributed by atoms with Crippen LogP contribution in [0.4, 0.5) is 23.2 Å². The summed E-state index contributed by atoms with van der Waals surface area (Å²) in [5.74, 6) is -0.382. The highest BCUT2D eigenvalue weighted by atomic mass is 79.9. The molecule has 0 aromatic heterocycles. The van der Waals surface area contributed by atoms with Crippen molar-refractivity contribution in [3.63, 3.8) is 0 Å². The molecule has 0 amide bonds. The summed E-state index contributed by atoms with van der Waals surface area (Å²) in [6.45, 7) is 0.306. The summed E-state index contributed by atoms with van der Waals surface area (Å²) in [4.78, 5) is 0. The lowest BCUT2D eigenvalue weighted by atomic mass is 10.1. The van der Waals surface area contributed by atoms with E-state index in [1.807, 2.05) is 0 Å². The van der Waals surface area contributed by atoms with Crippen molar-refractivity contribution in [2.75, 3.05) is 5.32 Å². The van der Waals surface area contributed by atoms with Crippen LogP contribution in [0.1, 0.15) is 11.1 Å². The Kier molecular flexibility index (Phi) is 4.32. The van der Waals surface area contributed by atoms with Gasteiger partial charge in [0.2, 0.25) is 0 Å². The highest BCUT2D eigenvalue weighted by Crippen LogP contribution is 2.30. The van der Waals surface area contributed by atoms with E-state index in [2.05, 4.69) is 21.2 Å². The smallest absolute Gasteiger partial charge is 0.381 e. The second-order valence-corrected chi connectivity index (χ2v) is 5.03. The molecule has 0 aliphatic carbocycles. The number of anilines is 1. The number of rotatable bonds is 3. The second kappa shape index (κ2) is 5.83. The van der Waals surface area contributed by atoms with Crippen LogP contribution in [0, 0.1) is 5.82 Å². The van der Waals surface area contributed by atoms with Gasteiger partial charge in [0, 0.05) is 12.2 Å². The molecular weight excluding hydrogens is 338 g/mol. The molecule has 106 valence electrons. The molecule has 0 unspecified atom stereocenters. The van der Waals surface area contributed by atoms with Crippen LogP contribution in [0.3, 0.4) is 0 Å². The van der Waals surface area contributed by atoms with Gasteiger partial charge < -0.3 is 5.32 Å². The van der Waals surface area contributed by atoms with E-state index >= 15 is 0 Å². The van der Waals surface area contributed by atoms with Gasteiger partial charge in [0.15, 0.2) is 0 Å². The van der Waals surface area contributed by atoms with Crippen LogP contribution in [0.5, 0.6) is 0 Å². The molecule has 1 N–H and O–H groups in total. The summed E-state index contributed by atoms with van der Waals surface area (Å²) in [6, 6.07) is 9.39. The summed E-state index contributed by atoms with van der Waals surface area (Å²) in [6.07, 6.45) is -4.36. The lowest BCUT2D eigenvalue weighted by Gasteiger charge is -2.11. The summed E-state index contributed by atoms with van der Waals surface area (Å²) in [5.41, 5.74) is 0.416. The highest BCUT2D eigenvalue weighted by Gasteiger charge is 2.30. The molecule has 0 saturated heterocycles. The predicted molar refractivity (Wildman–Crippen MR) is 72.9 cm³/mol. The Morgan fingerprint density at radius 1 is 1.05 bits per heavy atom. The van der Waals surface area contributed by atoms with Crippen molar-refractivity contribution in [3.8, 4) is 0 Å². The predicted octanol–water partition coefficient (Wildman–Crippen LogP) is 5.22. The molecule has 0 radical (unpaired) electrons. The molecule has 1 nitrogen and oxygen atoms in total. The number of hydrogen-bond acceptors (Lipinski definition) is 1. The Labute approximate surface area is 121 Å². The minimum Gasteiger partial charge on any atom is -0.381 e. The Morgan fingerprint density at radius 2 is 1.80 bits per heavy atom. The van der Waals surface area contributed by atoms with Crippen LogP contribution < -0.4 is 5.32 Å². The third-order valence-electron chi connectivity index (χ3n) is 2.67. The van der Waals surface area contributed by atoms with Crippen molar-refractivity contribution in [3.05, 3.63) is 63.9 Å². The SMILES string of the molecule is Fc1ccc(CNc2cccc(C(F)(F)F)c2)cc1Br. The highest BCUT2D eigenvalue weighted by molar-refractivity contribution is 9.10. The van der Waals surface area contributed by atoms with E-state index in [1.165, 1.54) is 12.1 Å². The fourth-order valence-electron chi connectivity index (χ4n) is 1.66. The lowest BCUT2D eigenvalue weighted by molar-refractivity contribution is -0.137. The van der Waals surface area contributed by atoms with Crippen molar-refractivity contribution in [1.82, 2.24) is 0 Å². The Bertz CT molecular complexity index is 610. The van der Waals surface area contributed by atoms with E-state index in [0.29, 0.717) is 16.7 Å². The van der Waals surface area contributed by atoms with Crippen LogP contribution in [-0.4, -0.2) is 0 Å². The minimum absolute atomic E-state index is 0.306. The van der Waals surface area contributed by atoms with Gasteiger partial charge in [-0.15, -0.1) is 0 Å². The molecule has 2 rings (SSSR count). The molecular formula is C14H10BrF4N.